The third kappa shape index (κ3) is 5.97. The van der Waals surface area contributed by atoms with Crippen LogP contribution in [-0.2, 0) is 0 Å². The average molecular weight is 566 g/mol. The largest absolute Gasteiger partial charge is 0.338 e. The normalized spacial score (nSPS) is 15.4. The molecule has 0 saturated carbocycles. The number of fused-ring (bicyclic) bond motifs is 1. The molecule has 10 nitrogen and oxygen atoms in total. The number of anilines is 4. The number of benzene rings is 2. The van der Waals surface area contributed by atoms with Gasteiger partial charge in [0, 0.05) is 36.6 Å². The average Bonchev–Trinajstić information content (AvgIpc) is 3.62. The third-order valence-corrected chi connectivity index (χ3v) is 7.45. The number of nitrogens with zero attached hydrogens (tertiary/aromatic N) is 7. The summed E-state index contributed by atoms with van der Waals surface area (Å²) in [6, 6.07) is 17.9. The minimum atomic E-state index is -0.360. The van der Waals surface area contributed by atoms with Gasteiger partial charge in [-0.15, -0.1) is 0 Å². The lowest BCUT2D eigenvalue weighted by atomic mass is 10.1. The van der Waals surface area contributed by atoms with Crippen molar-refractivity contribution >= 4 is 40.2 Å². The molecule has 0 radical (unpaired) electrons. The van der Waals surface area contributed by atoms with Gasteiger partial charge in [-0.25, -0.2) is 14.4 Å². The first-order chi connectivity index (χ1) is 20.3. The zero-order valence-electron chi connectivity index (χ0n) is 23.8. The van der Waals surface area contributed by atoms with Gasteiger partial charge in [0.1, 0.15) is 18.0 Å². The number of pyridine rings is 1. The smallest absolute Gasteiger partial charge is 0.232 e. The zero-order chi connectivity index (χ0) is 29.2. The molecule has 11 heteroatoms. The molecule has 0 aliphatic carbocycles. The molecule has 4 heterocycles. The first-order valence-electron chi connectivity index (χ1n) is 13.8. The molecule has 1 atom stereocenters. The maximum Gasteiger partial charge on any atom is 0.232 e. The number of rotatable bonds is 9. The summed E-state index contributed by atoms with van der Waals surface area (Å²) in [5.74, 6) is 1.07. The fourth-order valence-corrected chi connectivity index (χ4v) is 5.06. The van der Waals surface area contributed by atoms with Crippen molar-refractivity contribution in [3.63, 3.8) is 0 Å². The highest BCUT2D eigenvalue weighted by Gasteiger charge is 2.25. The quantitative estimate of drug-likeness (QED) is 0.240. The van der Waals surface area contributed by atoms with E-state index in [2.05, 4.69) is 54.5 Å². The second-order valence-corrected chi connectivity index (χ2v) is 10.8. The number of aryl methyl sites for hydroxylation is 1. The van der Waals surface area contributed by atoms with Crippen LogP contribution in [0.2, 0.25) is 0 Å². The predicted octanol–water partition coefficient (Wildman–Crippen LogP) is 4.96. The van der Waals surface area contributed by atoms with E-state index in [9.17, 15) is 9.18 Å². The highest BCUT2D eigenvalue weighted by atomic mass is 19.1. The summed E-state index contributed by atoms with van der Waals surface area (Å²) in [5.41, 5.74) is 4.00. The van der Waals surface area contributed by atoms with Gasteiger partial charge in [-0.2, -0.15) is 9.97 Å². The number of likely N-dealkylation sites (N-methyl/N-ethyl adjacent to an activating group) is 1. The number of Topliss-reactive ketones (excluding diaryl/α,β-unsaturated/α-hetero) is 1. The Morgan fingerprint density at radius 2 is 1.88 bits per heavy atom. The number of carbonyl (C=O) groups is 1. The number of hydrogen-bond acceptors (Lipinski definition) is 9. The maximum atomic E-state index is 14.0. The van der Waals surface area contributed by atoms with E-state index in [0.29, 0.717) is 52.6 Å². The van der Waals surface area contributed by atoms with Gasteiger partial charge < -0.3 is 15.5 Å². The van der Waals surface area contributed by atoms with Gasteiger partial charge in [0.2, 0.25) is 5.95 Å². The third-order valence-electron chi connectivity index (χ3n) is 7.45. The number of nitrogens with one attached hydrogen (secondary N) is 2. The van der Waals surface area contributed by atoms with Crippen LogP contribution in [0.3, 0.4) is 0 Å². The molecule has 6 rings (SSSR count). The van der Waals surface area contributed by atoms with Crippen LogP contribution < -0.4 is 10.6 Å². The van der Waals surface area contributed by atoms with Crippen molar-refractivity contribution < 1.29 is 9.18 Å². The molecule has 42 heavy (non-hydrogen) atoms. The highest BCUT2D eigenvalue weighted by molar-refractivity contribution is 5.98. The van der Waals surface area contributed by atoms with E-state index in [4.69, 9.17) is 0 Å². The molecule has 1 unspecified atom stereocenters. The molecule has 2 aromatic carbocycles. The van der Waals surface area contributed by atoms with Crippen LogP contribution in [-0.4, -0.2) is 79.9 Å². The molecule has 0 spiro atoms. The number of carbonyl (C=O) groups excluding carboxylic acids is 1. The number of aromatic nitrogens is 5. The Labute approximate surface area is 243 Å². The lowest BCUT2D eigenvalue weighted by Crippen LogP contribution is -2.33. The van der Waals surface area contributed by atoms with E-state index in [0.717, 1.165) is 30.8 Å². The van der Waals surface area contributed by atoms with Crippen molar-refractivity contribution in [3.05, 3.63) is 90.1 Å². The Morgan fingerprint density at radius 1 is 1.05 bits per heavy atom. The minimum absolute atomic E-state index is 0.0938. The standard InChI is InChI=1S/C31H32FN9O/c1-20-7-12-27(33-16-20)36-31-37-29(28-30(38-31)41(19-34-28)24-6-4-5-22(32)15-24)35-23-10-8-21(9-11-23)26(42)18-40-14-13-25(17-40)39(2)3/h4-12,15-16,19,25H,13-14,17-18H2,1-3H3,(H2,33,35,36,37,38). The van der Waals surface area contributed by atoms with Crippen molar-refractivity contribution in [3.8, 4) is 5.69 Å². The Morgan fingerprint density at radius 3 is 2.60 bits per heavy atom. The lowest BCUT2D eigenvalue weighted by molar-refractivity contribution is 0.0941. The van der Waals surface area contributed by atoms with Crippen LogP contribution >= 0.6 is 0 Å². The summed E-state index contributed by atoms with van der Waals surface area (Å²) in [6.07, 6.45) is 4.42. The Kier molecular flexibility index (Phi) is 7.60. The van der Waals surface area contributed by atoms with Gasteiger partial charge in [-0.05, 0) is 81.5 Å². The van der Waals surface area contributed by atoms with Gasteiger partial charge >= 0.3 is 0 Å². The van der Waals surface area contributed by atoms with E-state index < -0.39 is 0 Å². The van der Waals surface area contributed by atoms with Crippen LogP contribution in [0.4, 0.5) is 27.7 Å². The number of halogens is 1. The molecule has 1 aliphatic heterocycles. The van der Waals surface area contributed by atoms with Crippen LogP contribution in [0, 0.1) is 12.7 Å². The van der Waals surface area contributed by atoms with E-state index in [1.165, 1.54) is 12.1 Å². The molecular weight excluding hydrogens is 533 g/mol. The lowest BCUT2D eigenvalue weighted by Gasteiger charge is -2.20. The number of imidazole rings is 1. The molecule has 1 saturated heterocycles. The first-order valence-corrected chi connectivity index (χ1v) is 13.8. The van der Waals surface area contributed by atoms with Gasteiger partial charge in [0.25, 0.3) is 0 Å². The SMILES string of the molecule is Cc1ccc(Nc2nc(Nc3ccc(C(=O)CN4CCC(N(C)C)C4)cc3)c3ncn(-c4cccc(F)c4)c3n2)nc1. The van der Waals surface area contributed by atoms with Crippen LogP contribution in [0.25, 0.3) is 16.9 Å². The summed E-state index contributed by atoms with van der Waals surface area (Å²) < 4.78 is 15.8. The Bertz CT molecular complexity index is 1720. The van der Waals surface area contributed by atoms with E-state index in [-0.39, 0.29) is 11.6 Å². The molecule has 5 aromatic rings. The van der Waals surface area contributed by atoms with E-state index >= 15 is 0 Å². The maximum absolute atomic E-state index is 14.0. The molecule has 1 fully saturated rings. The first kappa shape index (κ1) is 27.4. The molecule has 3 aromatic heterocycles. The summed E-state index contributed by atoms with van der Waals surface area (Å²) in [4.78, 5) is 35.7. The zero-order valence-corrected chi connectivity index (χ0v) is 23.8. The van der Waals surface area contributed by atoms with E-state index in [1.807, 2.05) is 43.3 Å². The molecular formula is C31H32FN9O. The molecule has 0 bridgehead atoms. The molecule has 0 amide bonds. The monoisotopic (exact) mass is 565 g/mol. The van der Waals surface area contributed by atoms with Crippen LogP contribution in [0.1, 0.15) is 22.3 Å². The van der Waals surface area contributed by atoms with Crippen molar-refractivity contribution in [2.24, 2.45) is 0 Å². The molecule has 1 aliphatic rings. The summed E-state index contributed by atoms with van der Waals surface area (Å²) in [7, 11) is 4.16. The van der Waals surface area contributed by atoms with Crippen molar-refractivity contribution in [1.82, 2.24) is 34.3 Å². The highest BCUT2D eigenvalue weighted by Crippen LogP contribution is 2.28. The van der Waals surface area contributed by atoms with Crippen LogP contribution in [0.15, 0.2) is 73.2 Å². The summed E-state index contributed by atoms with van der Waals surface area (Å²) in [6.45, 7) is 4.20. The van der Waals surface area contributed by atoms with Gasteiger partial charge in [0.05, 0.1) is 12.2 Å². The number of ketones is 1. The van der Waals surface area contributed by atoms with Crippen molar-refractivity contribution in [2.75, 3.05) is 44.4 Å². The summed E-state index contributed by atoms with van der Waals surface area (Å²) in [5, 5.41) is 6.48. The Balaban J connectivity index is 1.27. The minimum Gasteiger partial charge on any atom is -0.338 e. The molecule has 2 N–H and O–H groups in total. The van der Waals surface area contributed by atoms with Gasteiger partial charge in [-0.1, -0.05) is 12.1 Å². The van der Waals surface area contributed by atoms with Crippen LogP contribution in [0.5, 0.6) is 0 Å². The summed E-state index contributed by atoms with van der Waals surface area (Å²) >= 11 is 0. The van der Waals surface area contributed by atoms with Gasteiger partial charge in [-0.3, -0.25) is 14.3 Å². The van der Waals surface area contributed by atoms with E-state index in [1.54, 1.807) is 29.2 Å². The second kappa shape index (κ2) is 11.6. The fraction of sp³-hybridized carbons (Fsp3) is 0.258. The molecule has 214 valence electrons. The van der Waals surface area contributed by atoms with Crippen molar-refractivity contribution in [2.45, 2.75) is 19.4 Å². The fourth-order valence-electron chi connectivity index (χ4n) is 5.06. The predicted molar refractivity (Wildman–Crippen MR) is 161 cm³/mol. The van der Waals surface area contributed by atoms with Crippen molar-refractivity contribution in [1.29, 1.82) is 0 Å². The Hall–Kier alpha value is -4.74. The topological polar surface area (TPSA) is 104 Å². The number of likely N-dealkylation sites (tertiary alicyclic amines) is 1. The second-order valence-electron chi connectivity index (χ2n) is 10.8. The number of hydrogen-bond donors (Lipinski definition) is 2. The van der Waals surface area contributed by atoms with Gasteiger partial charge in [0.15, 0.2) is 22.8 Å².